The first-order valence-electron chi connectivity index (χ1n) is 5.87. The van der Waals surface area contributed by atoms with E-state index in [0.717, 1.165) is 31.1 Å². The van der Waals surface area contributed by atoms with Crippen LogP contribution >= 0.6 is 0 Å². The molecule has 1 saturated carbocycles. The second-order valence-electron chi connectivity index (χ2n) is 5.27. The molecular formula is C15H22O. The molecule has 1 nitrogen and oxygen atoms in total. The third kappa shape index (κ3) is 2.34. The van der Waals surface area contributed by atoms with Gasteiger partial charge in [0.1, 0.15) is 6.29 Å². The quantitative estimate of drug-likeness (QED) is 0.397. The summed E-state index contributed by atoms with van der Waals surface area (Å²) in [6, 6.07) is 0. The molecule has 0 amide bonds. The molecule has 0 aliphatic heterocycles. The Morgan fingerprint density at radius 3 is 2.50 bits per heavy atom. The summed E-state index contributed by atoms with van der Waals surface area (Å²) in [6.45, 7) is 16.2. The van der Waals surface area contributed by atoms with Crippen molar-refractivity contribution in [3.8, 4) is 0 Å². The van der Waals surface area contributed by atoms with Gasteiger partial charge in [0.25, 0.3) is 0 Å². The minimum atomic E-state index is 0.130. The topological polar surface area (TPSA) is 17.1 Å². The second kappa shape index (κ2) is 4.82. The van der Waals surface area contributed by atoms with Gasteiger partial charge >= 0.3 is 0 Å². The summed E-state index contributed by atoms with van der Waals surface area (Å²) in [6.07, 6.45) is 6.02. The van der Waals surface area contributed by atoms with E-state index < -0.39 is 0 Å². The minimum absolute atomic E-state index is 0.130. The SMILES string of the molecule is C=C[C@]1(C)CC[C@H](C(=C)C=O)C[C@@H]1C(=C)C. The van der Waals surface area contributed by atoms with Gasteiger partial charge in [0.2, 0.25) is 0 Å². The number of allylic oxidation sites excluding steroid dienone is 3. The number of hydrogen-bond acceptors (Lipinski definition) is 1. The van der Waals surface area contributed by atoms with E-state index in [1.54, 1.807) is 0 Å². The minimum Gasteiger partial charge on any atom is -0.298 e. The van der Waals surface area contributed by atoms with Crippen molar-refractivity contribution in [3.63, 3.8) is 0 Å². The molecule has 0 radical (unpaired) electrons. The van der Waals surface area contributed by atoms with Crippen molar-refractivity contribution in [1.29, 1.82) is 0 Å². The summed E-state index contributed by atoms with van der Waals surface area (Å²) in [5.41, 5.74) is 2.05. The Morgan fingerprint density at radius 1 is 1.44 bits per heavy atom. The first-order chi connectivity index (χ1) is 7.44. The number of aldehydes is 1. The smallest absolute Gasteiger partial charge is 0.145 e. The van der Waals surface area contributed by atoms with Gasteiger partial charge in [-0.2, -0.15) is 0 Å². The standard InChI is InChI=1S/C15H22O/c1-6-15(5)8-7-13(12(4)10-16)9-14(15)11(2)3/h6,10,13-14H,1-2,4,7-9H2,3,5H3/t13-,14+,15+/m0/s1. The van der Waals surface area contributed by atoms with E-state index in [-0.39, 0.29) is 5.41 Å². The Balaban J connectivity index is 2.89. The highest BCUT2D eigenvalue weighted by Crippen LogP contribution is 2.48. The fraction of sp³-hybridized carbons (Fsp3) is 0.533. The molecule has 0 aromatic heterocycles. The fourth-order valence-corrected chi connectivity index (χ4v) is 2.77. The Labute approximate surface area is 98.9 Å². The van der Waals surface area contributed by atoms with Crippen LogP contribution in [0.15, 0.2) is 37.0 Å². The molecule has 0 unspecified atom stereocenters. The van der Waals surface area contributed by atoms with Crippen LogP contribution in [0.5, 0.6) is 0 Å². The Kier molecular flexibility index (Phi) is 3.90. The molecule has 1 fully saturated rings. The molecule has 1 heteroatoms. The van der Waals surface area contributed by atoms with E-state index >= 15 is 0 Å². The maximum Gasteiger partial charge on any atom is 0.145 e. The van der Waals surface area contributed by atoms with Crippen LogP contribution in [0.25, 0.3) is 0 Å². The van der Waals surface area contributed by atoms with Crippen molar-refractivity contribution < 1.29 is 4.79 Å². The molecule has 16 heavy (non-hydrogen) atoms. The van der Waals surface area contributed by atoms with Crippen molar-refractivity contribution in [2.24, 2.45) is 17.3 Å². The van der Waals surface area contributed by atoms with Gasteiger partial charge in [-0.05, 0) is 49.0 Å². The van der Waals surface area contributed by atoms with Crippen LogP contribution in [0.4, 0.5) is 0 Å². The molecule has 0 heterocycles. The van der Waals surface area contributed by atoms with E-state index in [1.165, 1.54) is 5.57 Å². The zero-order chi connectivity index (χ0) is 12.3. The van der Waals surface area contributed by atoms with E-state index in [2.05, 4.69) is 33.6 Å². The van der Waals surface area contributed by atoms with Gasteiger partial charge in [0.05, 0.1) is 0 Å². The lowest BCUT2D eigenvalue weighted by Crippen LogP contribution is -2.34. The molecule has 1 rings (SSSR count). The summed E-state index contributed by atoms with van der Waals surface area (Å²) >= 11 is 0. The third-order valence-corrected chi connectivity index (χ3v) is 4.08. The highest BCUT2D eigenvalue weighted by molar-refractivity contribution is 5.72. The number of carbonyl (C=O) groups is 1. The van der Waals surface area contributed by atoms with Crippen LogP contribution in [0.1, 0.15) is 33.1 Å². The molecule has 0 bridgehead atoms. The van der Waals surface area contributed by atoms with Crippen LogP contribution in [0.2, 0.25) is 0 Å². The Bertz CT molecular complexity index is 326. The van der Waals surface area contributed by atoms with Crippen LogP contribution < -0.4 is 0 Å². The molecule has 0 N–H and O–H groups in total. The van der Waals surface area contributed by atoms with Crippen molar-refractivity contribution in [3.05, 3.63) is 37.0 Å². The van der Waals surface area contributed by atoms with E-state index in [0.29, 0.717) is 11.8 Å². The first kappa shape index (κ1) is 13.0. The van der Waals surface area contributed by atoms with Crippen LogP contribution in [0, 0.1) is 17.3 Å². The molecule has 0 spiro atoms. The zero-order valence-electron chi connectivity index (χ0n) is 10.5. The van der Waals surface area contributed by atoms with Gasteiger partial charge in [0, 0.05) is 0 Å². The second-order valence-corrected chi connectivity index (χ2v) is 5.27. The van der Waals surface area contributed by atoms with Gasteiger partial charge < -0.3 is 0 Å². The Hall–Kier alpha value is -1.11. The number of carbonyl (C=O) groups excluding carboxylic acids is 1. The predicted molar refractivity (Wildman–Crippen MR) is 69.2 cm³/mol. The van der Waals surface area contributed by atoms with Crippen molar-refractivity contribution >= 4 is 6.29 Å². The maximum atomic E-state index is 10.8. The summed E-state index contributed by atoms with van der Waals surface area (Å²) in [5, 5.41) is 0. The third-order valence-electron chi connectivity index (χ3n) is 4.08. The van der Waals surface area contributed by atoms with Crippen molar-refractivity contribution in [1.82, 2.24) is 0 Å². The molecule has 1 aliphatic carbocycles. The number of hydrogen-bond donors (Lipinski definition) is 0. The van der Waals surface area contributed by atoms with Crippen molar-refractivity contribution in [2.75, 3.05) is 0 Å². The zero-order valence-corrected chi connectivity index (χ0v) is 10.5. The van der Waals surface area contributed by atoms with Gasteiger partial charge in [-0.3, -0.25) is 4.79 Å². The summed E-state index contributed by atoms with van der Waals surface area (Å²) in [7, 11) is 0. The first-order valence-corrected chi connectivity index (χ1v) is 5.87. The molecule has 0 aromatic rings. The summed E-state index contributed by atoms with van der Waals surface area (Å²) in [5.74, 6) is 0.743. The predicted octanol–water partition coefficient (Wildman–Crippen LogP) is 3.93. The molecule has 0 saturated heterocycles. The fourth-order valence-electron chi connectivity index (χ4n) is 2.77. The lowest BCUT2D eigenvalue weighted by Gasteiger charge is -2.43. The molecule has 1 aliphatic rings. The lowest BCUT2D eigenvalue weighted by molar-refractivity contribution is -0.105. The van der Waals surface area contributed by atoms with Gasteiger partial charge in [-0.25, -0.2) is 0 Å². The largest absolute Gasteiger partial charge is 0.298 e. The highest BCUT2D eigenvalue weighted by Gasteiger charge is 2.38. The maximum absolute atomic E-state index is 10.8. The molecular weight excluding hydrogens is 196 g/mol. The van der Waals surface area contributed by atoms with E-state index in [1.807, 2.05) is 6.08 Å². The monoisotopic (exact) mass is 218 g/mol. The van der Waals surface area contributed by atoms with Gasteiger partial charge in [0.15, 0.2) is 0 Å². The van der Waals surface area contributed by atoms with E-state index in [4.69, 9.17) is 0 Å². The van der Waals surface area contributed by atoms with E-state index in [9.17, 15) is 4.79 Å². The number of rotatable bonds is 4. The van der Waals surface area contributed by atoms with Crippen LogP contribution in [-0.4, -0.2) is 6.29 Å². The Morgan fingerprint density at radius 2 is 2.06 bits per heavy atom. The normalized spacial score (nSPS) is 34.1. The molecule has 0 aromatic carbocycles. The van der Waals surface area contributed by atoms with Crippen LogP contribution in [0.3, 0.4) is 0 Å². The highest BCUT2D eigenvalue weighted by atomic mass is 16.1. The molecule has 88 valence electrons. The lowest BCUT2D eigenvalue weighted by atomic mass is 9.61. The van der Waals surface area contributed by atoms with Gasteiger partial charge in [-0.1, -0.05) is 31.7 Å². The van der Waals surface area contributed by atoms with Crippen molar-refractivity contribution in [2.45, 2.75) is 33.1 Å². The summed E-state index contributed by atoms with van der Waals surface area (Å²) < 4.78 is 0. The summed E-state index contributed by atoms with van der Waals surface area (Å²) in [4.78, 5) is 10.8. The van der Waals surface area contributed by atoms with Crippen LogP contribution in [-0.2, 0) is 4.79 Å². The average molecular weight is 218 g/mol. The molecule has 3 atom stereocenters. The van der Waals surface area contributed by atoms with Gasteiger partial charge in [-0.15, -0.1) is 6.58 Å². The average Bonchev–Trinajstić information content (AvgIpc) is 2.28.